The van der Waals surface area contributed by atoms with Crippen LogP contribution in [0.3, 0.4) is 0 Å². The van der Waals surface area contributed by atoms with Crippen LogP contribution in [0.1, 0.15) is 50.0 Å². The van der Waals surface area contributed by atoms with Crippen LogP contribution in [0, 0.1) is 17.8 Å². The molecule has 2 aliphatic carbocycles. The van der Waals surface area contributed by atoms with Crippen LogP contribution in [0.4, 0.5) is 0 Å². The second kappa shape index (κ2) is 10.9. The van der Waals surface area contributed by atoms with Gasteiger partial charge in [-0.1, -0.05) is 40.1 Å². The number of nitrogens with zero attached hydrogens (tertiary/aromatic N) is 2. The summed E-state index contributed by atoms with van der Waals surface area (Å²) in [5.41, 5.74) is 0.920. The number of phenols is 1. The van der Waals surface area contributed by atoms with Gasteiger partial charge in [-0.3, -0.25) is 33.8 Å². The zero-order valence-electron chi connectivity index (χ0n) is 22.1. The van der Waals surface area contributed by atoms with Crippen LogP contribution in [0.25, 0.3) is 0 Å². The van der Waals surface area contributed by atoms with Gasteiger partial charge < -0.3 is 14.9 Å². The quantitative estimate of drug-likeness (QED) is 0.133. The third-order valence-corrected chi connectivity index (χ3v) is 10.8. The first-order chi connectivity index (χ1) is 19.4. The molecule has 2 N–H and O–H groups in total. The number of phenolic OH excluding ortho intramolecular Hbond substituents is 1. The molecule has 0 aromatic heterocycles. The van der Waals surface area contributed by atoms with Crippen molar-refractivity contribution in [2.24, 2.45) is 17.8 Å². The molecular formula is C28H29BrCl2N2O8. The molecule has 5 rings (SSSR count). The lowest BCUT2D eigenvalue weighted by Crippen LogP contribution is -2.60. The fourth-order valence-electron chi connectivity index (χ4n) is 7.05. The second-order valence-electron chi connectivity index (χ2n) is 10.9. The van der Waals surface area contributed by atoms with Crippen LogP contribution >= 0.6 is 39.1 Å². The molecule has 4 aliphatic rings. The standard InChI is InChI=1S/C28H29BrCl2N2O8/c1-41-19-11-14(34)6-7-16(19)22-15-8-9-17-21(24(38)32(23(17)37)10-4-2-3-5-20(35)36)18(15)12-27(30)25(39)33(13-29)26(40)28(22,27)31/h6-8,11,17-18,21-22,34H,2-5,9-10,12-13H2,1H3,(H,35,36). The monoisotopic (exact) mass is 670 g/mol. The Kier molecular flexibility index (Phi) is 7.93. The molecule has 41 heavy (non-hydrogen) atoms. The van der Waals surface area contributed by atoms with Crippen LogP contribution in [-0.4, -0.2) is 78.5 Å². The van der Waals surface area contributed by atoms with Gasteiger partial charge in [0.2, 0.25) is 11.8 Å². The van der Waals surface area contributed by atoms with Gasteiger partial charge in [-0.2, -0.15) is 0 Å². The Morgan fingerprint density at radius 3 is 2.46 bits per heavy atom. The van der Waals surface area contributed by atoms with E-state index < -0.39 is 51.2 Å². The summed E-state index contributed by atoms with van der Waals surface area (Å²) < 4.78 is 5.55. The molecule has 220 valence electrons. The van der Waals surface area contributed by atoms with Crippen molar-refractivity contribution < 1.29 is 38.9 Å². The minimum atomic E-state index is -1.96. The highest BCUT2D eigenvalue weighted by atomic mass is 79.9. The van der Waals surface area contributed by atoms with Crippen LogP contribution < -0.4 is 4.74 Å². The first kappa shape index (κ1) is 29.8. The Balaban J connectivity index is 1.56. The molecule has 1 saturated carbocycles. The molecule has 2 aliphatic heterocycles. The Morgan fingerprint density at radius 2 is 1.80 bits per heavy atom. The van der Waals surface area contributed by atoms with Gasteiger partial charge in [0.05, 0.1) is 24.4 Å². The van der Waals surface area contributed by atoms with Crippen LogP contribution in [0.2, 0.25) is 0 Å². The molecule has 2 saturated heterocycles. The van der Waals surface area contributed by atoms with Gasteiger partial charge in [0.1, 0.15) is 11.5 Å². The van der Waals surface area contributed by atoms with Crippen LogP contribution in [0.5, 0.6) is 11.5 Å². The number of ether oxygens (including phenoxy) is 1. The van der Waals surface area contributed by atoms with Crippen LogP contribution in [0.15, 0.2) is 29.8 Å². The number of likely N-dealkylation sites (tertiary alicyclic amines) is 2. The van der Waals surface area contributed by atoms with Crippen molar-refractivity contribution in [3.8, 4) is 11.5 Å². The van der Waals surface area contributed by atoms with E-state index in [0.29, 0.717) is 30.4 Å². The normalized spacial score (nSPS) is 32.5. The van der Waals surface area contributed by atoms with E-state index in [0.717, 1.165) is 4.90 Å². The number of hydrogen-bond donors (Lipinski definition) is 2. The number of amides is 4. The number of carboxylic acid groups (broad SMARTS) is 1. The summed E-state index contributed by atoms with van der Waals surface area (Å²) in [7, 11) is 1.40. The minimum Gasteiger partial charge on any atom is -0.508 e. The summed E-state index contributed by atoms with van der Waals surface area (Å²) in [6.07, 6.45) is 3.42. The third-order valence-electron chi connectivity index (χ3n) is 8.91. The molecular weight excluding hydrogens is 643 g/mol. The van der Waals surface area contributed by atoms with Crippen molar-refractivity contribution >= 4 is 68.7 Å². The average Bonchev–Trinajstić information content (AvgIpc) is 3.26. The van der Waals surface area contributed by atoms with Crippen molar-refractivity contribution in [1.29, 1.82) is 0 Å². The fraction of sp³-hybridized carbons (Fsp3) is 0.536. The first-order valence-electron chi connectivity index (χ1n) is 13.4. The number of alkyl halides is 3. The lowest BCUT2D eigenvalue weighted by molar-refractivity contribution is -0.141. The first-order valence-corrected chi connectivity index (χ1v) is 15.2. The van der Waals surface area contributed by atoms with E-state index in [1.54, 1.807) is 6.07 Å². The molecule has 0 spiro atoms. The molecule has 1 aromatic rings. The summed E-state index contributed by atoms with van der Waals surface area (Å²) in [6.45, 7) is 0.168. The molecule has 3 fully saturated rings. The minimum absolute atomic E-state index is 0.0146. The number of halogens is 3. The predicted molar refractivity (Wildman–Crippen MR) is 151 cm³/mol. The summed E-state index contributed by atoms with van der Waals surface area (Å²) in [5, 5.41) is 19.0. The second-order valence-corrected chi connectivity index (χ2v) is 12.7. The molecule has 6 atom stereocenters. The molecule has 1 aromatic carbocycles. The number of methoxy groups -OCH3 is 1. The SMILES string of the molecule is COc1cc(O)ccc1C1C2=CCC3C(=O)N(CCCCCC(=O)O)C(=O)C3C2CC2(Cl)C(=O)N(CBr)C(=O)C12Cl. The lowest BCUT2D eigenvalue weighted by atomic mass is 9.56. The van der Waals surface area contributed by atoms with Crippen molar-refractivity contribution in [1.82, 2.24) is 9.80 Å². The van der Waals surface area contributed by atoms with Crippen LogP contribution in [-0.2, 0) is 24.0 Å². The molecule has 0 bridgehead atoms. The molecule has 6 unspecified atom stereocenters. The van der Waals surface area contributed by atoms with E-state index >= 15 is 0 Å². The van der Waals surface area contributed by atoms with E-state index in [-0.39, 0.29) is 54.6 Å². The van der Waals surface area contributed by atoms with E-state index in [2.05, 4.69) is 15.9 Å². The predicted octanol–water partition coefficient (Wildman–Crippen LogP) is 3.76. The Hall–Kier alpha value is -2.63. The van der Waals surface area contributed by atoms with Crippen molar-refractivity contribution in [2.75, 3.05) is 19.1 Å². The highest BCUT2D eigenvalue weighted by molar-refractivity contribution is 9.09. The van der Waals surface area contributed by atoms with Gasteiger partial charge in [0.25, 0.3) is 11.8 Å². The maximum Gasteiger partial charge on any atom is 0.303 e. The molecule has 2 heterocycles. The van der Waals surface area contributed by atoms with E-state index in [4.69, 9.17) is 33.0 Å². The van der Waals surface area contributed by atoms with E-state index in [1.807, 2.05) is 6.08 Å². The summed E-state index contributed by atoms with van der Waals surface area (Å²) in [6, 6.07) is 4.36. The maximum atomic E-state index is 13.8. The number of imide groups is 2. The maximum absolute atomic E-state index is 13.8. The Bertz CT molecular complexity index is 1370. The number of hydrogen-bond acceptors (Lipinski definition) is 7. The summed E-state index contributed by atoms with van der Waals surface area (Å²) in [4.78, 5) is 63.8. The van der Waals surface area contributed by atoms with Crippen molar-refractivity contribution in [3.63, 3.8) is 0 Å². The topological polar surface area (TPSA) is 142 Å². The lowest BCUT2D eigenvalue weighted by Gasteiger charge is -2.51. The van der Waals surface area contributed by atoms with Crippen molar-refractivity contribution in [3.05, 3.63) is 35.4 Å². The van der Waals surface area contributed by atoms with Gasteiger partial charge in [-0.05, 0) is 37.7 Å². The number of aromatic hydroxyl groups is 1. The number of carbonyl (C=O) groups excluding carboxylic acids is 4. The van der Waals surface area contributed by atoms with Crippen molar-refractivity contribution in [2.45, 2.75) is 54.2 Å². The van der Waals surface area contributed by atoms with Gasteiger partial charge in [0.15, 0.2) is 9.75 Å². The number of fused-ring (bicyclic) bond motifs is 4. The highest BCUT2D eigenvalue weighted by Crippen LogP contribution is 2.66. The van der Waals surface area contributed by atoms with Gasteiger partial charge in [-0.25, -0.2) is 0 Å². The number of benzene rings is 1. The summed E-state index contributed by atoms with van der Waals surface area (Å²) in [5.74, 6) is -5.92. The van der Waals surface area contributed by atoms with E-state index in [1.165, 1.54) is 24.1 Å². The Labute approximate surface area is 254 Å². The van der Waals surface area contributed by atoms with Gasteiger partial charge >= 0.3 is 5.97 Å². The molecule has 0 radical (unpaired) electrons. The highest BCUT2D eigenvalue weighted by Gasteiger charge is 2.76. The average molecular weight is 672 g/mol. The fourth-order valence-corrected chi connectivity index (χ4v) is 8.46. The molecule has 13 heteroatoms. The number of carbonyl (C=O) groups is 5. The smallest absolute Gasteiger partial charge is 0.303 e. The number of carboxylic acids is 1. The molecule has 4 amide bonds. The van der Waals surface area contributed by atoms with Gasteiger partial charge in [0, 0.05) is 30.5 Å². The Morgan fingerprint density at radius 1 is 1.07 bits per heavy atom. The third kappa shape index (κ3) is 4.38. The number of allylic oxidation sites excluding steroid dienone is 2. The van der Waals surface area contributed by atoms with Gasteiger partial charge in [-0.15, -0.1) is 23.2 Å². The molecule has 10 nitrogen and oxygen atoms in total. The summed E-state index contributed by atoms with van der Waals surface area (Å²) >= 11 is 17.6. The number of aliphatic carboxylic acids is 1. The number of unbranched alkanes of at least 4 members (excludes halogenated alkanes) is 2. The zero-order valence-corrected chi connectivity index (χ0v) is 25.2. The zero-order chi connectivity index (χ0) is 29.9. The van der Waals surface area contributed by atoms with E-state index in [9.17, 15) is 29.1 Å². The number of rotatable bonds is 9. The largest absolute Gasteiger partial charge is 0.508 e.